The predicted octanol–water partition coefficient (Wildman–Crippen LogP) is 1.36. The average molecular weight is 192 g/mol. The predicted molar refractivity (Wildman–Crippen MR) is 58.1 cm³/mol. The van der Waals surface area contributed by atoms with Gasteiger partial charge in [-0.2, -0.15) is 0 Å². The fourth-order valence-corrected chi connectivity index (χ4v) is 1.85. The van der Waals surface area contributed by atoms with Gasteiger partial charge < -0.3 is 10.3 Å². The number of hydrazine groups is 1. The summed E-state index contributed by atoms with van der Waals surface area (Å²) < 4.78 is 0. The van der Waals surface area contributed by atoms with E-state index < -0.39 is 0 Å². The molecule has 1 saturated heterocycles. The zero-order chi connectivity index (χ0) is 9.80. The molecule has 0 bridgehead atoms. The number of nitrogens with zero attached hydrogens (tertiary/aromatic N) is 2. The lowest BCUT2D eigenvalue weighted by molar-refractivity contribution is 0.578. The van der Waals surface area contributed by atoms with E-state index >= 15 is 0 Å². The van der Waals surface area contributed by atoms with Crippen molar-refractivity contribution in [3.63, 3.8) is 0 Å². The van der Waals surface area contributed by atoms with E-state index in [1.165, 1.54) is 24.9 Å². The highest BCUT2D eigenvalue weighted by Gasteiger charge is 2.10. The van der Waals surface area contributed by atoms with Crippen LogP contribution >= 0.6 is 0 Å². The van der Waals surface area contributed by atoms with Gasteiger partial charge in [0.1, 0.15) is 5.82 Å². The third-order valence-corrected chi connectivity index (χ3v) is 2.61. The van der Waals surface area contributed by atoms with Gasteiger partial charge in [-0.25, -0.2) is 10.8 Å². The molecule has 4 heteroatoms. The molecule has 14 heavy (non-hydrogen) atoms. The molecule has 2 rings (SSSR count). The molecule has 1 aliphatic rings. The van der Waals surface area contributed by atoms with Crippen LogP contribution in [0.1, 0.15) is 19.3 Å². The van der Waals surface area contributed by atoms with Crippen LogP contribution in [-0.4, -0.2) is 18.1 Å². The van der Waals surface area contributed by atoms with Gasteiger partial charge in [0.05, 0.1) is 0 Å². The van der Waals surface area contributed by atoms with Gasteiger partial charge in [0.2, 0.25) is 0 Å². The Morgan fingerprint density at radius 1 is 1.29 bits per heavy atom. The number of piperidine rings is 1. The van der Waals surface area contributed by atoms with Crippen molar-refractivity contribution in [2.75, 3.05) is 23.4 Å². The van der Waals surface area contributed by atoms with Crippen molar-refractivity contribution < 1.29 is 0 Å². The van der Waals surface area contributed by atoms with Gasteiger partial charge >= 0.3 is 0 Å². The van der Waals surface area contributed by atoms with E-state index in [1.807, 2.05) is 12.1 Å². The van der Waals surface area contributed by atoms with E-state index in [9.17, 15) is 0 Å². The Kier molecular flexibility index (Phi) is 2.84. The topological polar surface area (TPSA) is 54.2 Å². The number of hydrogen-bond donors (Lipinski definition) is 2. The molecule has 0 amide bonds. The first-order chi connectivity index (χ1) is 6.90. The van der Waals surface area contributed by atoms with Gasteiger partial charge in [-0.15, -0.1) is 0 Å². The standard InChI is InChI=1S/C10H16N4/c11-13-10-8-9(4-5-12-10)14-6-2-1-3-7-14/h4-5,8H,1-3,6-7,11H2,(H,12,13). The summed E-state index contributed by atoms with van der Waals surface area (Å²) in [4.78, 5) is 6.47. The summed E-state index contributed by atoms with van der Waals surface area (Å²) in [6.07, 6.45) is 5.71. The normalized spacial score (nSPS) is 16.8. The molecule has 0 atom stereocenters. The fraction of sp³-hybridized carbons (Fsp3) is 0.500. The number of pyridine rings is 1. The highest BCUT2D eigenvalue weighted by Crippen LogP contribution is 2.20. The lowest BCUT2D eigenvalue weighted by Gasteiger charge is -2.28. The first-order valence-electron chi connectivity index (χ1n) is 5.08. The van der Waals surface area contributed by atoms with Crippen molar-refractivity contribution in [2.24, 2.45) is 5.84 Å². The van der Waals surface area contributed by atoms with Crippen LogP contribution in [-0.2, 0) is 0 Å². The molecule has 1 fully saturated rings. The van der Waals surface area contributed by atoms with E-state index in [-0.39, 0.29) is 0 Å². The third-order valence-electron chi connectivity index (χ3n) is 2.61. The summed E-state index contributed by atoms with van der Waals surface area (Å²) in [7, 11) is 0. The van der Waals surface area contributed by atoms with Gasteiger partial charge in [0.15, 0.2) is 0 Å². The fourth-order valence-electron chi connectivity index (χ4n) is 1.85. The molecule has 1 aromatic rings. The third kappa shape index (κ3) is 1.96. The number of rotatable bonds is 2. The maximum Gasteiger partial charge on any atom is 0.141 e. The van der Waals surface area contributed by atoms with Crippen LogP contribution < -0.4 is 16.2 Å². The second-order valence-corrected chi connectivity index (χ2v) is 3.59. The Morgan fingerprint density at radius 2 is 2.07 bits per heavy atom. The highest BCUT2D eigenvalue weighted by atomic mass is 15.2. The van der Waals surface area contributed by atoms with E-state index in [1.54, 1.807) is 6.20 Å². The van der Waals surface area contributed by atoms with Crippen molar-refractivity contribution in [3.05, 3.63) is 18.3 Å². The summed E-state index contributed by atoms with van der Waals surface area (Å²) in [5.41, 5.74) is 3.78. The molecule has 2 heterocycles. The van der Waals surface area contributed by atoms with Crippen molar-refractivity contribution in [1.82, 2.24) is 4.98 Å². The minimum atomic E-state index is 0.730. The lowest BCUT2D eigenvalue weighted by Crippen LogP contribution is -2.29. The van der Waals surface area contributed by atoms with E-state index in [0.29, 0.717) is 0 Å². The van der Waals surface area contributed by atoms with Crippen LogP contribution in [0.15, 0.2) is 18.3 Å². The maximum atomic E-state index is 5.32. The molecule has 0 saturated carbocycles. The lowest BCUT2D eigenvalue weighted by atomic mass is 10.1. The van der Waals surface area contributed by atoms with Crippen molar-refractivity contribution >= 4 is 11.5 Å². The molecule has 0 unspecified atom stereocenters. The molecular formula is C10H16N4. The van der Waals surface area contributed by atoms with E-state index in [4.69, 9.17) is 5.84 Å². The number of nitrogen functional groups attached to an aromatic ring is 1. The molecule has 0 spiro atoms. The average Bonchev–Trinajstić information content (AvgIpc) is 2.30. The molecule has 3 N–H and O–H groups in total. The second-order valence-electron chi connectivity index (χ2n) is 3.59. The van der Waals surface area contributed by atoms with Crippen LogP contribution in [0.25, 0.3) is 0 Å². The summed E-state index contributed by atoms with van der Waals surface area (Å²) >= 11 is 0. The quantitative estimate of drug-likeness (QED) is 0.548. The van der Waals surface area contributed by atoms with Crippen LogP contribution in [0.4, 0.5) is 11.5 Å². The monoisotopic (exact) mass is 192 g/mol. The molecule has 0 radical (unpaired) electrons. The summed E-state index contributed by atoms with van der Waals surface area (Å²) in [5.74, 6) is 6.05. The van der Waals surface area contributed by atoms with Crippen LogP contribution in [0.2, 0.25) is 0 Å². The summed E-state index contributed by atoms with van der Waals surface area (Å²) in [5, 5.41) is 0. The number of nitrogens with two attached hydrogens (primary N) is 1. The van der Waals surface area contributed by atoms with E-state index in [2.05, 4.69) is 15.3 Å². The van der Waals surface area contributed by atoms with Crippen molar-refractivity contribution in [1.29, 1.82) is 0 Å². The number of anilines is 2. The molecule has 0 aliphatic carbocycles. The van der Waals surface area contributed by atoms with Crippen LogP contribution in [0.3, 0.4) is 0 Å². The minimum absolute atomic E-state index is 0.730. The maximum absolute atomic E-state index is 5.32. The Labute approximate surface area is 84.1 Å². The molecule has 1 aromatic heterocycles. The smallest absolute Gasteiger partial charge is 0.141 e. The van der Waals surface area contributed by atoms with Gasteiger partial charge in [-0.1, -0.05) is 0 Å². The highest BCUT2D eigenvalue weighted by molar-refractivity contribution is 5.53. The van der Waals surface area contributed by atoms with Crippen molar-refractivity contribution in [2.45, 2.75) is 19.3 Å². The Hall–Kier alpha value is -1.29. The molecule has 1 aliphatic heterocycles. The van der Waals surface area contributed by atoms with E-state index in [0.717, 1.165) is 18.9 Å². The van der Waals surface area contributed by atoms with Gasteiger partial charge in [-0.3, -0.25) is 0 Å². The second kappa shape index (κ2) is 4.28. The molecule has 0 aromatic carbocycles. The first kappa shape index (κ1) is 9.27. The molecule has 76 valence electrons. The SMILES string of the molecule is NNc1cc(N2CCCCC2)ccn1. The van der Waals surface area contributed by atoms with Gasteiger partial charge in [0.25, 0.3) is 0 Å². The van der Waals surface area contributed by atoms with Crippen molar-refractivity contribution in [3.8, 4) is 0 Å². The van der Waals surface area contributed by atoms with Gasteiger partial charge in [-0.05, 0) is 25.3 Å². The van der Waals surface area contributed by atoms with Gasteiger partial charge in [0, 0.05) is 31.0 Å². The first-order valence-corrected chi connectivity index (χ1v) is 5.08. The molecule has 4 nitrogen and oxygen atoms in total. The number of hydrogen-bond acceptors (Lipinski definition) is 4. The Morgan fingerprint density at radius 3 is 2.79 bits per heavy atom. The number of aromatic nitrogens is 1. The summed E-state index contributed by atoms with van der Waals surface area (Å²) in [6, 6.07) is 4.03. The zero-order valence-electron chi connectivity index (χ0n) is 8.24. The minimum Gasteiger partial charge on any atom is -0.371 e. The number of nitrogens with one attached hydrogen (secondary N) is 1. The van der Waals surface area contributed by atoms with Crippen LogP contribution in [0.5, 0.6) is 0 Å². The molecular weight excluding hydrogens is 176 g/mol. The largest absolute Gasteiger partial charge is 0.371 e. The van der Waals surface area contributed by atoms with Crippen LogP contribution in [0, 0.1) is 0 Å². The Balaban J connectivity index is 2.13. The Bertz CT molecular complexity index is 294. The zero-order valence-corrected chi connectivity index (χ0v) is 8.24. The summed E-state index contributed by atoms with van der Waals surface area (Å²) in [6.45, 7) is 2.29.